The van der Waals surface area contributed by atoms with Gasteiger partial charge in [-0.15, -0.1) is 0 Å². The smallest absolute Gasteiger partial charge is 0.274 e. The fourth-order valence-corrected chi connectivity index (χ4v) is 2.97. The molecule has 4 nitrogen and oxygen atoms in total. The second kappa shape index (κ2) is 8.32. The minimum Gasteiger partial charge on any atom is -0.363 e. The molecule has 1 aromatic rings. The van der Waals surface area contributed by atoms with Gasteiger partial charge in [-0.3, -0.25) is 4.90 Å². The van der Waals surface area contributed by atoms with Crippen molar-refractivity contribution in [1.82, 2.24) is 10.2 Å². The molecule has 0 aromatic carbocycles. The molecule has 6 heteroatoms. The van der Waals surface area contributed by atoms with Crippen molar-refractivity contribution in [3.63, 3.8) is 0 Å². The standard InChI is InChI=1S/C14H22N4S2/c1-20-12-4-7-16-14(19)18-10-8-17(9-11-18)13-5-2-3-6-15-13/h2-3,5-6H,4,7-12H2,1H3,(H,16,19)/p+1. The number of nitrogens with zero attached hydrogens (tertiary/aromatic N) is 2. The number of hydrogen-bond acceptors (Lipinski definition) is 3. The summed E-state index contributed by atoms with van der Waals surface area (Å²) in [4.78, 5) is 7.93. The minimum atomic E-state index is 0.905. The molecular weight excluding hydrogens is 288 g/mol. The van der Waals surface area contributed by atoms with Crippen LogP contribution in [0.25, 0.3) is 0 Å². The highest BCUT2D eigenvalue weighted by Gasteiger charge is 2.24. The van der Waals surface area contributed by atoms with Crippen LogP contribution in [0.3, 0.4) is 0 Å². The van der Waals surface area contributed by atoms with E-state index in [1.165, 1.54) is 18.0 Å². The van der Waals surface area contributed by atoms with E-state index in [0.29, 0.717) is 0 Å². The van der Waals surface area contributed by atoms with Gasteiger partial charge in [0.1, 0.15) is 13.1 Å². The molecular formula is C14H23N4S2+. The molecule has 20 heavy (non-hydrogen) atoms. The molecule has 1 aliphatic rings. The van der Waals surface area contributed by atoms with E-state index < -0.39 is 0 Å². The van der Waals surface area contributed by atoms with Crippen molar-refractivity contribution in [2.24, 2.45) is 0 Å². The van der Waals surface area contributed by atoms with Gasteiger partial charge < -0.3 is 10.2 Å². The average molecular weight is 312 g/mol. The van der Waals surface area contributed by atoms with Crippen LogP contribution < -0.4 is 15.2 Å². The number of thioether (sulfide) groups is 1. The Balaban J connectivity index is 1.72. The van der Waals surface area contributed by atoms with Gasteiger partial charge in [0, 0.05) is 12.6 Å². The van der Waals surface area contributed by atoms with E-state index in [9.17, 15) is 0 Å². The minimum absolute atomic E-state index is 0.905. The number of H-pyrrole nitrogens is 1. The molecule has 0 unspecified atom stereocenters. The third-order valence-corrected chi connectivity index (χ3v) is 4.50. The maximum absolute atomic E-state index is 5.46. The van der Waals surface area contributed by atoms with Gasteiger partial charge in [-0.25, -0.2) is 4.98 Å². The van der Waals surface area contributed by atoms with Crippen molar-refractivity contribution in [3.05, 3.63) is 24.4 Å². The summed E-state index contributed by atoms with van der Waals surface area (Å²) in [6.45, 7) is 4.96. The lowest BCUT2D eigenvalue weighted by molar-refractivity contribution is -0.364. The Kier molecular flexibility index (Phi) is 6.39. The van der Waals surface area contributed by atoms with E-state index >= 15 is 0 Å². The highest BCUT2D eigenvalue weighted by molar-refractivity contribution is 7.98. The molecule has 0 atom stereocenters. The SMILES string of the molecule is CSCCCNC(=S)N1CCN(c2cccc[nH+]2)CC1. The number of aromatic amines is 1. The number of aromatic nitrogens is 1. The van der Waals surface area contributed by atoms with Crippen molar-refractivity contribution in [2.75, 3.05) is 49.6 Å². The lowest BCUT2D eigenvalue weighted by atomic mass is 10.3. The molecule has 0 bridgehead atoms. The van der Waals surface area contributed by atoms with Crippen molar-refractivity contribution >= 4 is 34.9 Å². The van der Waals surface area contributed by atoms with Crippen LogP contribution in [0.4, 0.5) is 5.82 Å². The predicted octanol–water partition coefficient (Wildman–Crippen LogP) is 1.25. The first-order chi connectivity index (χ1) is 9.81. The molecule has 2 heterocycles. The molecule has 1 aromatic heterocycles. The van der Waals surface area contributed by atoms with Crippen LogP contribution in [-0.4, -0.2) is 54.7 Å². The molecule has 0 radical (unpaired) electrons. The number of nitrogens with one attached hydrogen (secondary N) is 2. The summed E-state index contributed by atoms with van der Waals surface area (Å²) >= 11 is 7.34. The van der Waals surface area contributed by atoms with E-state index in [2.05, 4.69) is 38.5 Å². The molecule has 0 spiro atoms. The van der Waals surface area contributed by atoms with Crippen LogP contribution in [0, 0.1) is 0 Å². The van der Waals surface area contributed by atoms with E-state index in [0.717, 1.165) is 37.8 Å². The number of anilines is 1. The zero-order chi connectivity index (χ0) is 14.2. The lowest BCUT2D eigenvalue weighted by Gasteiger charge is -2.32. The maximum atomic E-state index is 5.46. The molecule has 0 aliphatic carbocycles. The Morgan fingerprint density at radius 2 is 2.15 bits per heavy atom. The summed E-state index contributed by atoms with van der Waals surface area (Å²) < 4.78 is 0. The van der Waals surface area contributed by atoms with Gasteiger partial charge in [0.25, 0.3) is 5.82 Å². The quantitative estimate of drug-likeness (QED) is 0.654. The summed E-state index contributed by atoms with van der Waals surface area (Å²) in [5, 5.41) is 4.26. The summed E-state index contributed by atoms with van der Waals surface area (Å²) in [7, 11) is 0. The van der Waals surface area contributed by atoms with Crippen LogP contribution in [0.2, 0.25) is 0 Å². The van der Waals surface area contributed by atoms with Crippen LogP contribution in [0.5, 0.6) is 0 Å². The Morgan fingerprint density at radius 3 is 2.80 bits per heavy atom. The van der Waals surface area contributed by atoms with Crippen molar-refractivity contribution in [2.45, 2.75) is 6.42 Å². The average Bonchev–Trinajstić information content (AvgIpc) is 2.52. The largest absolute Gasteiger partial charge is 0.363 e. The molecule has 1 fully saturated rings. The highest BCUT2D eigenvalue weighted by atomic mass is 32.2. The van der Waals surface area contributed by atoms with Gasteiger partial charge in [0.15, 0.2) is 5.11 Å². The summed E-state index contributed by atoms with van der Waals surface area (Å²) in [6.07, 6.45) is 5.28. The molecule has 0 saturated carbocycles. The van der Waals surface area contributed by atoms with Crippen molar-refractivity contribution in [3.8, 4) is 0 Å². The monoisotopic (exact) mass is 311 g/mol. The first kappa shape index (κ1) is 15.4. The molecule has 110 valence electrons. The second-order valence-electron chi connectivity index (χ2n) is 4.80. The second-order valence-corrected chi connectivity index (χ2v) is 6.17. The lowest BCUT2D eigenvalue weighted by Crippen LogP contribution is -2.52. The zero-order valence-electron chi connectivity index (χ0n) is 12.0. The van der Waals surface area contributed by atoms with Gasteiger partial charge in [0.2, 0.25) is 0 Å². The van der Waals surface area contributed by atoms with E-state index in [1.807, 2.05) is 24.0 Å². The molecule has 2 rings (SSSR count). The first-order valence-electron chi connectivity index (χ1n) is 7.04. The normalized spacial score (nSPS) is 15.2. The molecule has 0 amide bonds. The van der Waals surface area contributed by atoms with Crippen molar-refractivity contribution < 1.29 is 4.98 Å². The fraction of sp³-hybridized carbons (Fsp3) is 0.571. The number of pyridine rings is 1. The molecule has 1 aliphatic heterocycles. The van der Waals surface area contributed by atoms with Crippen LogP contribution in [0.15, 0.2) is 24.4 Å². The molecule has 1 saturated heterocycles. The van der Waals surface area contributed by atoms with Crippen LogP contribution in [0.1, 0.15) is 6.42 Å². The van der Waals surface area contributed by atoms with Gasteiger partial charge in [-0.2, -0.15) is 11.8 Å². The van der Waals surface area contributed by atoms with Gasteiger partial charge in [0.05, 0.1) is 19.3 Å². The summed E-state index contributed by atoms with van der Waals surface area (Å²) in [6, 6.07) is 6.19. The summed E-state index contributed by atoms with van der Waals surface area (Å²) in [5.41, 5.74) is 0. The van der Waals surface area contributed by atoms with Gasteiger partial charge in [-0.05, 0) is 36.7 Å². The Labute approximate surface area is 130 Å². The molecule has 2 N–H and O–H groups in total. The Hall–Kier alpha value is -1.01. The van der Waals surface area contributed by atoms with E-state index in [4.69, 9.17) is 12.2 Å². The summed E-state index contributed by atoms with van der Waals surface area (Å²) in [5.74, 6) is 2.37. The number of piperazine rings is 1. The maximum Gasteiger partial charge on any atom is 0.274 e. The number of hydrogen-bond donors (Lipinski definition) is 1. The van der Waals surface area contributed by atoms with Gasteiger partial charge in [-0.1, -0.05) is 6.07 Å². The third kappa shape index (κ3) is 4.52. The Bertz CT molecular complexity index is 405. The Morgan fingerprint density at radius 1 is 1.35 bits per heavy atom. The van der Waals surface area contributed by atoms with Crippen molar-refractivity contribution in [1.29, 1.82) is 0 Å². The first-order valence-corrected chi connectivity index (χ1v) is 8.85. The van der Waals surface area contributed by atoms with E-state index in [1.54, 1.807) is 0 Å². The topological polar surface area (TPSA) is 32.6 Å². The zero-order valence-corrected chi connectivity index (χ0v) is 13.6. The fourth-order valence-electron chi connectivity index (χ4n) is 2.25. The predicted molar refractivity (Wildman–Crippen MR) is 90.4 cm³/mol. The van der Waals surface area contributed by atoms with Crippen LogP contribution in [-0.2, 0) is 0 Å². The highest BCUT2D eigenvalue weighted by Crippen LogP contribution is 2.09. The third-order valence-electron chi connectivity index (χ3n) is 3.40. The number of thiocarbonyl (C=S) groups is 1. The number of rotatable bonds is 5. The van der Waals surface area contributed by atoms with Crippen LogP contribution >= 0.6 is 24.0 Å². The van der Waals surface area contributed by atoms with E-state index in [-0.39, 0.29) is 0 Å². The van der Waals surface area contributed by atoms with Gasteiger partial charge >= 0.3 is 0 Å².